The first kappa shape index (κ1) is 12.3. The third-order valence-corrected chi connectivity index (χ3v) is 3.09. The predicted octanol–water partition coefficient (Wildman–Crippen LogP) is 2.19. The van der Waals surface area contributed by atoms with Crippen LogP contribution in [-0.4, -0.2) is 29.2 Å². The maximum absolute atomic E-state index is 5.22. The maximum Gasteiger partial charge on any atom is 0.133 e. The van der Waals surface area contributed by atoms with Crippen molar-refractivity contribution in [3.05, 3.63) is 17.6 Å². The number of hydrogen-bond acceptors (Lipinski definition) is 4. The molecule has 4 heteroatoms. The zero-order valence-electron chi connectivity index (χ0n) is 10.9. The van der Waals surface area contributed by atoms with Gasteiger partial charge in [-0.2, -0.15) is 0 Å². The van der Waals surface area contributed by atoms with Gasteiger partial charge in [0.2, 0.25) is 0 Å². The molecule has 1 aliphatic rings. The molecular weight excluding hydrogens is 214 g/mol. The van der Waals surface area contributed by atoms with Crippen LogP contribution in [0.2, 0.25) is 0 Å². The van der Waals surface area contributed by atoms with E-state index in [0.717, 1.165) is 18.7 Å². The van der Waals surface area contributed by atoms with Gasteiger partial charge in [-0.15, -0.1) is 0 Å². The van der Waals surface area contributed by atoms with E-state index in [1.807, 2.05) is 0 Å². The minimum atomic E-state index is -0.103. The summed E-state index contributed by atoms with van der Waals surface area (Å²) in [4.78, 5) is 8.76. The largest absolute Gasteiger partial charge is 0.382 e. The first-order chi connectivity index (χ1) is 8.12. The molecule has 1 aromatic rings. The van der Waals surface area contributed by atoms with E-state index in [0.29, 0.717) is 6.61 Å². The Kier molecular flexibility index (Phi) is 3.62. The van der Waals surface area contributed by atoms with Crippen molar-refractivity contribution in [1.29, 1.82) is 0 Å². The van der Waals surface area contributed by atoms with Crippen molar-refractivity contribution in [3.8, 4) is 0 Å². The molecule has 0 bridgehead atoms. The van der Waals surface area contributed by atoms with Crippen molar-refractivity contribution in [2.45, 2.75) is 45.1 Å². The Morgan fingerprint density at radius 2 is 2.06 bits per heavy atom. The molecule has 1 aliphatic carbocycles. The number of anilines is 1. The van der Waals surface area contributed by atoms with Crippen LogP contribution < -0.4 is 5.32 Å². The van der Waals surface area contributed by atoms with E-state index < -0.39 is 0 Å². The monoisotopic (exact) mass is 235 g/mol. The van der Waals surface area contributed by atoms with Crippen LogP contribution in [0.1, 0.15) is 37.9 Å². The van der Waals surface area contributed by atoms with Crippen molar-refractivity contribution < 1.29 is 4.74 Å². The van der Waals surface area contributed by atoms with Crippen LogP contribution in [-0.2, 0) is 17.6 Å². The van der Waals surface area contributed by atoms with Gasteiger partial charge in [-0.05, 0) is 39.5 Å². The molecule has 2 rings (SSSR count). The Morgan fingerprint density at radius 3 is 2.82 bits per heavy atom. The van der Waals surface area contributed by atoms with E-state index >= 15 is 0 Å². The highest BCUT2D eigenvalue weighted by Gasteiger charge is 2.22. The van der Waals surface area contributed by atoms with Gasteiger partial charge in [0.15, 0.2) is 0 Å². The van der Waals surface area contributed by atoms with Crippen LogP contribution >= 0.6 is 0 Å². The molecule has 0 aromatic carbocycles. The lowest BCUT2D eigenvalue weighted by Gasteiger charge is -2.28. The zero-order chi connectivity index (χ0) is 12.3. The van der Waals surface area contributed by atoms with Crippen LogP contribution in [0, 0.1) is 0 Å². The quantitative estimate of drug-likeness (QED) is 0.869. The summed E-state index contributed by atoms with van der Waals surface area (Å²) in [6, 6.07) is 0. The van der Waals surface area contributed by atoms with E-state index in [4.69, 9.17) is 4.74 Å². The van der Waals surface area contributed by atoms with Crippen molar-refractivity contribution in [2.75, 3.05) is 19.0 Å². The van der Waals surface area contributed by atoms with Gasteiger partial charge in [0.1, 0.15) is 12.1 Å². The maximum atomic E-state index is 5.22. The van der Waals surface area contributed by atoms with Gasteiger partial charge < -0.3 is 10.1 Å². The molecule has 0 fully saturated rings. The number of hydrogen-bond donors (Lipinski definition) is 1. The van der Waals surface area contributed by atoms with Crippen LogP contribution in [0.5, 0.6) is 0 Å². The van der Waals surface area contributed by atoms with Crippen molar-refractivity contribution in [2.24, 2.45) is 0 Å². The van der Waals surface area contributed by atoms with Crippen LogP contribution in [0.15, 0.2) is 6.33 Å². The fraction of sp³-hybridized carbons (Fsp3) is 0.692. The van der Waals surface area contributed by atoms with Gasteiger partial charge in [0, 0.05) is 18.4 Å². The molecule has 1 aromatic heterocycles. The van der Waals surface area contributed by atoms with Gasteiger partial charge >= 0.3 is 0 Å². The summed E-state index contributed by atoms with van der Waals surface area (Å²) in [5, 5.41) is 3.47. The lowest BCUT2D eigenvalue weighted by molar-refractivity contribution is 0.158. The van der Waals surface area contributed by atoms with Gasteiger partial charge in [0.25, 0.3) is 0 Å². The molecule has 0 atom stereocenters. The summed E-state index contributed by atoms with van der Waals surface area (Å²) in [5.74, 6) is 0.983. The lowest BCUT2D eigenvalue weighted by atomic mass is 9.95. The number of methoxy groups -OCH3 is 1. The molecule has 0 unspecified atom stereocenters. The van der Waals surface area contributed by atoms with Gasteiger partial charge in [-0.25, -0.2) is 9.97 Å². The van der Waals surface area contributed by atoms with E-state index in [1.54, 1.807) is 13.4 Å². The molecule has 0 amide bonds. The number of nitrogens with one attached hydrogen (secondary N) is 1. The van der Waals surface area contributed by atoms with Gasteiger partial charge in [0.05, 0.1) is 12.1 Å². The molecule has 0 aliphatic heterocycles. The molecule has 4 nitrogen and oxygen atoms in total. The summed E-state index contributed by atoms with van der Waals surface area (Å²) in [6.07, 6.45) is 6.30. The van der Waals surface area contributed by atoms with Gasteiger partial charge in [-0.3, -0.25) is 0 Å². The Balaban J connectivity index is 2.21. The zero-order valence-corrected chi connectivity index (χ0v) is 10.9. The van der Waals surface area contributed by atoms with Crippen LogP contribution in [0.25, 0.3) is 0 Å². The van der Waals surface area contributed by atoms with Crippen LogP contribution in [0.4, 0.5) is 5.82 Å². The van der Waals surface area contributed by atoms with E-state index in [9.17, 15) is 0 Å². The second kappa shape index (κ2) is 5.00. The number of aromatic nitrogens is 2. The highest BCUT2D eigenvalue weighted by atomic mass is 16.5. The molecule has 94 valence electrons. The molecule has 1 N–H and O–H groups in total. The number of fused-ring (bicyclic) bond motifs is 1. The van der Waals surface area contributed by atoms with Crippen LogP contribution in [0.3, 0.4) is 0 Å². The van der Waals surface area contributed by atoms with E-state index in [-0.39, 0.29) is 5.54 Å². The highest BCUT2D eigenvalue weighted by Crippen LogP contribution is 2.26. The van der Waals surface area contributed by atoms with Crippen molar-refractivity contribution in [3.63, 3.8) is 0 Å². The third kappa shape index (κ3) is 2.94. The second-order valence-electron chi connectivity index (χ2n) is 5.30. The van der Waals surface area contributed by atoms with E-state index in [1.165, 1.54) is 24.1 Å². The minimum absolute atomic E-state index is 0.103. The number of nitrogens with zero attached hydrogens (tertiary/aromatic N) is 2. The molecule has 0 radical (unpaired) electrons. The van der Waals surface area contributed by atoms with E-state index in [2.05, 4.69) is 29.1 Å². The topological polar surface area (TPSA) is 47.0 Å². The summed E-state index contributed by atoms with van der Waals surface area (Å²) < 4.78 is 5.22. The summed E-state index contributed by atoms with van der Waals surface area (Å²) >= 11 is 0. The standard InChI is InChI=1S/C13H21N3O/c1-13(2,8-17-3)16-12-10-6-4-5-7-11(10)14-9-15-12/h9H,4-8H2,1-3H3,(H,14,15,16). The second-order valence-corrected chi connectivity index (χ2v) is 5.30. The van der Waals surface area contributed by atoms with Crippen molar-refractivity contribution in [1.82, 2.24) is 9.97 Å². The fourth-order valence-electron chi connectivity index (χ4n) is 2.35. The molecule has 1 heterocycles. The molecule has 0 saturated heterocycles. The summed E-state index contributed by atoms with van der Waals surface area (Å²) in [6.45, 7) is 4.90. The summed E-state index contributed by atoms with van der Waals surface area (Å²) in [5.41, 5.74) is 2.40. The first-order valence-electron chi connectivity index (χ1n) is 6.22. The normalized spacial score (nSPS) is 15.5. The Labute approximate surface area is 103 Å². The Bertz CT molecular complexity index is 390. The molecule has 0 saturated carbocycles. The Hall–Kier alpha value is -1.16. The SMILES string of the molecule is COCC(C)(C)Nc1ncnc2c1CCCC2. The van der Waals surface area contributed by atoms with Crippen molar-refractivity contribution >= 4 is 5.82 Å². The summed E-state index contributed by atoms with van der Waals surface area (Å²) in [7, 11) is 1.72. The highest BCUT2D eigenvalue weighted by molar-refractivity contribution is 5.48. The molecular formula is C13H21N3O. The third-order valence-electron chi connectivity index (χ3n) is 3.09. The molecule has 0 spiro atoms. The first-order valence-corrected chi connectivity index (χ1v) is 6.22. The Morgan fingerprint density at radius 1 is 1.29 bits per heavy atom. The average Bonchev–Trinajstić information content (AvgIpc) is 2.29. The lowest BCUT2D eigenvalue weighted by Crippen LogP contribution is -2.37. The minimum Gasteiger partial charge on any atom is -0.382 e. The number of ether oxygens (including phenoxy) is 1. The number of aryl methyl sites for hydroxylation is 1. The molecule has 17 heavy (non-hydrogen) atoms. The fourth-order valence-corrected chi connectivity index (χ4v) is 2.35. The average molecular weight is 235 g/mol. The predicted molar refractivity (Wildman–Crippen MR) is 68.3 cm³/mol. The smallest absolute Gasteiger partial charge is 0.133 e. The van der Waals surface area contributed by atoms with Gasteiger partial charge in [-0.1, -0.05) is 0 Å². The number of rotatable bonds is 4.